The van der Waals surface area contributed by atoms with Crippen LogP contribution in [0, 0.1) is 5.82 Å². The Morgan fingerprint density at radius 1 is 1.10 bits per heavy atom. The number of benzene rings is 1. The van der Waals surface area contributed by atoms with Gasteiger partial charge in [0.05, 0.1) is 5.60 Å². The minimum atomic E-state index is -0.182. The summed E-state index contributed by atoms with van der Waals surface area (Å²) in [7, 11) is 1.75. The summed E-state index contributed by atoms with van der Waals surface area (Å²) < 4.78 is 18.6. The Morgan fingerprint density at radius 3 is 2.14 bits per heavy atom. The second-order valence-corrected chi connectivity index (χ2v) is 7.38. The second-order valence-electron chi connectivity index (χ2n) is 7.38. The van der Waals surface area contributed by atoms with Gasteiger partial charge >= 0.3 is 0 Å². The Hall–Kier alpha value is -0.930. The van der Waals surface area contributed by atoms with E-state index in [0.717, 1.165) is 19.4 Å². The molecule has 3 heteroatoms. The van der Waals surface area contributed by atoms with Gasteiger partial charge in [-0.1, -0.05) is 12.1 Å². The molecule has 0 amide bonds. The lowest BCUT2D eigenvalue weighted by atomic mass is 9.89. The van der Waals surface area contributed by atoms with E-state index < -0.39 is 0 Å². The predicted octanol–water partition coefficient (Wildman–Crippen LogP) is 4.50. The van der Waals surface area contributed by atoms with Gasteiger partial charge in [-0.25, -0.2) is 4.39 Å². The maximum Gasteiger partial charge on any atom is 0.123 e. The molecule has 21 heavy (non-hydrogen) atoms. The van der Waals surface area contributed by atoms with Crippen molar-refractivity contribution in [3.8, 4) is 0 Å². The van der Waals surface area contributed by atoms with Crippen molar-refractivity contribution in [3.63, 3.8) is 0 Å². The van der Waals surface area contributed by atoms with Crippen LogP contribution in [0.1, 0.15) is 58.9 Å². The Morgan fingerprint density at radius 2 is 1.67 bits per heavy atom. The molecule has 0 radical (unpaired) electrons. The molecule has 1 unspecified atom stereocenters. The third-order valence-electron chi connectivity index (χ3n) is 3.87. The van der Waals surface area contributed by atoms with Crippen LogP contribution in [0.2, 0.25) is 0 Å². The zero-order valence-corrected chi connectivity index (χ0v) is 14.3. The monoisotopic (exact) mass is 295 g/mol. The van der Waals surface area contributed by atoms with Gasteiger partial charge in [-0.2, -0.15) is 0 Å². The van der Waals surface area contributed by atoms with Crippen molar-refractivity contribution in [3.05, 3.63) is 35.6 Å². The summed E-state index contributed by atoms with van der Waals surface area (Å²) in [5.74, 6) is 0.178. The van der Waals surface area contributed by atoms with Crippen molar-refractivity contribution in [1.82, 2.24) is 5.32 Å². The van der Waals surface area contributed by atoms with Crippen molar-refractivity contribution in [2.24, 2.45) is 0 Å². The molecule has 0 heterocycles. The first-order chi connectivity index (χ1) is 9.63. The summed E-state index contributed by atoms with van der Waals surface area (Å²) in [4.78, 5) is 0. The largest absolute Gasteiger partial charge is 0.379 e. The standard InChI is InChI=1S/C18H30FNO/c1-17(2,3)20-13-15(11-12-18(4,5)21-6)14-7-9-16(19)10-8-14/h7-10,15,20H,11-13H2,1-6H3. The molecular weight excluding hydrogens is 265 g/mol. The number of nitrogens with one attached hydrogen (secondary N) is 1. The van der Waals surface area contributed by atoms with E-state index in [2.05, 4.69) is 39.9 Å². The average molecular weight is 295 g/mol. The highest BCUT2D eigenvalue weighted by Gasteiger charge is 2.21. The first kappa shape index (κ1) is 18.1. The van der Waals surface area contributed by atoms with E-state index in [1.54, 1.807) is 19.2 Å². The molecule has 0 aliphatic carbocycles. The molecule has 2 nitrogen and oxygen atoms in total. The van der Waals surface area contributed by atoms with Gasteiger partial charge < -0.3 is 10.1 Å². The number of methoxy groups -OCH3 is 1. The molecular formula is C18H30FNO. The fourth-order valence-electron chi connectivity index (χ4n) is 2.17. The van der Waals surface area contributed by atoms with Crippen LogP contribution in [-0.2, 0) is 4.74 Å². The van der Waals surface area contributed by atoms with Crippen LogP contribution >= 0.6 is 0 Å². The minimum absolute atomic E-state index is 0.0784. The molecule has 0 saturated carbocycles. The van der Waals surface area contributed by atoms with Gasteiger partial charge in [-0.3, -0.25) is 0 Å². The van der Waals surface area contributed by atoms with Crippen LogP contribution < -0.4 is 5.32 Å². The molecule has 0 saturated heterocycles. The van der Waals surface area contributed by atoms with Gasteiger partial charge in [0.1, 0.15) is 5.82 Å². The summed E-state index contributed by atoms with van der Waals surface area (Å²) in [6.07, 6.45) is 1.98. The average Bonchev–Trinajstić information content (AvgIpc) is 2.39. The van der Waals surface area contributed by atoms with Gasteiger partial charge in [0.25, 0.3) is 0 Å². The zero-order chi connectivity index (χ0) is 16.1. The summed E-state index contributed by atoms with van der Waals surface area (Å²) in [6.45, 7) is 11.6. The number of ether oxygens (including phenoxy) is 1. The smallest absolute Gasteiger partial charge is 0.123 e. The molecule has 0 bridgehead atoms. The van der Waals surface area contributed by atoms with E-state index in [9.17, 15) is 4.39 Å². The Balaban J connectivity index is 2.77. The first-order valence-electron chi connectivity index (χ1n) is 7.69. The van der Waals surface area contributed by atoms with Crippen LogP contribution in [0.3, 0.4) is 0 Å². The molecule has 0 aliphatic rings. The molecule has 1 N–H and O–H groups in total. The van der Waals surface area contributed by atoms with Crippen LogP contribution in [0.4, 0.5) is 4.39 Å². The fraction of sp³-hybridized carbons (Fsp3) is 0.667. The lowest BCUT2D eigenvalue weighted by molar-refractivity contribution is 0.0123. The molecule has 1 aromatic rings. The number of hydrogen-bond donors (Lipinski definition) is 1. The Kier molecular flexibility index (Phi) is 6.36. The normalized spacial score (nSPS) is 14.2. The molecule has 0 aliphatic heterocycles. The van der Waals surface area contributed by atoms with E-state index in [-0.39, 0.29) is 17.0 Å². The highest BCUT2D eigenvalue weighted by atomic mass is 19.1. The maximum absolute atomic E-state index is 13.1. The van der Waals surface area contributed by atoms with Crippen LogP contribution in [-0.4, -0.2) is 24.8 Å². The summed E-state index contributed by atoms with van der Waals surface area (Å²) in [5.41, 5.74) is 1.13. The Bertz CT molecular complexity index is 420. The van der Waals surface area contributed by atoms with Crippen LogP contribution in [0.25, 0.3) is 0 Å². The number of rotatable bonds is 7. The SMILES string of the molecule is COC(C)(C)CCC(CNC(C)(C)C)c1ccc(F)cc1. The third-order valence-corrected chi connectivity index (χ3v) is 3.87. The zero-order valence-electron chi connectivity index (χ0n) is 14.3. The topological polar surface area (TPSA) is 21.3 Å². The highest BCUT2D eigenvalue weighted by molar-refractivity contribution is 5.21. The van der Waals surface area contributed by atoms with Crippen molar-refractivity contribution < 1.29 is 9.13 Å². The molecule has 0 spiro atoms. The van der Waals surface area contributed by atoms with E-state index in [1.165, 1.54) is 5.56 Å². The molecule has 1 aromatic carbocycles. The lowest BCUT2D eigenvalue weighted by Crippen LogP contribution is -2.39. The van der Waals surface area contributed by atoms with Gasteiger partial charge in [-0.05, 0) is 71.1 Å². The van der Waals surface area contributed by atoms with E-state index in [4.69, 9.17) is 4.74 Å². The predicted molar refractivity (Wildman–Crippen MR) is 87.2 cm³/mol. The molecule has 120 valence electrons. The fourth-order valence-corrected chi connectivity index (χ4v) is 2.17. The molecule has 1 atom stereocenters. The first-order valence-corrected chi connectivity index (χ1v) is 7.69. The van der Waals surface area contributed by atoms with Gasteiger partial charge in [0, 0.05) is 19.2 Å². The third kappa shape index (κ3) is 7.05. The number of hydrogen-bond acceptors (Lipinski definition) is 2. The summed E-state index contributed by atoms with van der Waals surface area (Å²) in [5, 5.41) is 3.55. The van der Waals surface area contributed by atoms with Crippen molar-refractivity contribution in [2.45, 2.75) is 64.5 Å². The van der Waals surface area contributed by atoms with Crippen LogP contribution in [0.5, 0.6) is 0 Å². The Labute approximate surface area is 129 Å². The lowest BCUT2D eigenvalue weighted by Gasteiger charge is -2.29. The quantitative estimate of drug-likeness (QED) is 0.799. The minimum Gasteiger partial charge on any atom is -0.379 e. The van der Waals surface area contributed by atoms with E-state index >= 15 is 0 Å². The maximum atomic E-state index is 13.1. The van der Waals surface area contributed by atoms with Crippen molar-refractivity contribution in [1.29, 1.82) is 0 Å². The van der Waals surface area contributed by atoms with E-state index in [0.29, 0.717) is 5.92 Å². The van der Waals surface area contributed by atoms with Gasteiger partial charge in [-0.15, -0.1) is 0 Å². The highest BCUT2D eigenvalue weighted by Crippen LogP contribution is 2.26. The molecule has 1 rings (SSSR count). The van der Waals surface area contributed by atoms with Crippen LogP contribution in [0.15, 0.2) is 24.3 Å². The number of halogens is 1. The molecule has 0 aromatic heterocycles. The summed E-state index contributed by atoms with van der Waals surface area (Å²) in [6, 6.07) is 6.87. The van der Waals surface area contributed by atoms with Crippen molar-refractivity contribution in [2.75, 3.05) is 13.7 Å². The van der Waals surface area contributed by atoms with Crippen molar-refractivity contribution >= 4 is 0 Å². The second kappa shape index (κ2) is 7.37. The van der Waals surface area contributed by atoms with E-state index in [1.807, 2.05) is 12.1 Å². The van der Waals surface area contributed by atoms with Gasteiger partial charge in [0.2, 0.25) is 0 Å². The molecule has 0 fully saturated rings. The van der Waals surface area contributed by atoms with Gasteiger partial charge in [0.15, 0.2) is 0 Å². The summed E-state index contributed by atoms with van der Waals surface area (Å²) >= 11 is 0.